The molecule has 0 saturated carbocycles. The fourth-order valence-corrected chi connectivity index (χ4v) is 1.32. The first kappa shape index (κ1) is 20.6. The van der Waals surface area contributed by atoms with E-state index >= 15 is 0 Å². The zero-order chi connectivity index (χ0) is 14.8. The summed E-state index contributed by atoms with van der Waals surface area (Å²) in [4.78, 5) is 29.1. The number of carbonyl (C=O) groups is 3. The third-order valence-corrected chi connectivity index (χ3v) is 1.91. The van der Waals surface area contributed by atoms with Crippen molar-refractivity contribution < 1.29 is 14.4 Å². The highest BCUT2D eigenvalue weighted by Gasteiger charge is 2.12. The smallest absolute Gasteiger partial charge is 0.273 e. The molecule has 2 rings (SSSR count). The average Bonchev–Trinajstić information content (AvgIpc) is 2.27. The van der Waals surface area contributed by atoms with Gasteiger partial charge in [0.1, 0.15) is 0 Å². The van der Waals surface area contributed by atoms with Crippen LogP contribution in [-0.2, 0) is 11.2 Å². The van der Waals surface area contributed by atoms with Crippen LogP contribution >= 0.6 is 25.3 Å². The van der Waals surface area contributed by atoms with E-state index in [1.54, 1.807) is 0 Å². The van der Waals surface area contributed by atoms with E-state index < -0.39 is 10.5 Å². The Morgan fingerprint density at radius 2 is 1.50 bits per heavy atom. The van der Waals surface area contributed by atoms with Gasteiger partial charge in [-0.15, -0.1) is 0 Å². The van der Waals surface area contributed by atoms with Gasteiger partial charge in [0, 0.05) is 12.1 Å². The highest BCUT2D eigenvalue weighted by Crippen LogP contribution is 2.20. The molecule has 0 atom stereocenters. The van der Waals surface area contributed by atoms with E-state index in [0.29, 0.717) is 6.42 Å². The highest BCUT2D eigenvalue weighted by molar-refractivity contribution is 7.96. The van der Waals surface area contributed by atoms with Crippen LogP contribution in [0.2, 0.25) is 0 Å². The van der Waals surface area contributed by atoms with Crippen molar-refractivity contribution in [2.45, 2.75) is 20.3 Å². The van der Waals surface area contributed by atoms with Crippen LogP contribution < -0.4 is 16.8 Å². The summed E-state index contributed by atoms with van der Waals surface area (Å²) in [5.41, 5.74) is 10.9. The van der Waals surface area contributed by atoms with Crippen LogP contribution in [0.3, 0.4) is 0 Å². The molecule has 0 bridgehead atoms. The normalized spacial score (nSPS) is 11.0. The number of benzene rings is 1. The number of fused-ring (bicyclic) bond motifs is 1. The summed E-state index contributed by atoms with van der Waals surface area (Å²) in [5, 5.41) is 1.54. The zero-order valence-corrected chi connectivity index (χ0v) is 11.8. The van der Waals surface area contributed by atoms with Crippen molar-refractivity contribution in [3.05, 3.63) is 29.8 Å². The molecule has 1 heterocycles. The number of primary amides is 2. The third-order valence-electron chi connectivity index (χ3n) is 1.91. The van der Waals surface area contributed by atoms with Crippen molar-refractivity contribution in [3.8, 4) is 0 Å². The zero-order valence-electron chi connectivity index (χ0n) is 10.00. The molecule has 8 heteroatoms. The number of carbonyl (C=O) groups excluding carboxylic acids is 3. The number of nitrogens with two attached hydrogens (primary N) is 2. The summed E-state index contributed by atoms with van der Waals surface area (Å²) in [6.45, 7) is 0. The van der Waals surface area contributed by atoms with Gasteiger partial charge in [-0.2, -0.15) is 0 Å². The van der Waals surface area contributed by atoms with E-state index in [0.717, 1.165) is 12.1 Å². The molecule has 0 fully saturated rings. The lowest BCUT2D eigenvalue weighted by molar-refractivity contribution is -0.116. The Morgan fingerprint density at radius 3 is 2.00 bits per heavy atom. The molecular weight excluding hydrogens is 298 g/mol. The molecule has 0 radical (unpaired) electrons. The van der Waals surface area contributed by atoms with Crippen molar-refractivity contribution in [2.24, 2.45) is 11.5 Å². The average molecular weight is 317 g/mol. The third kappa shape index (κ3) is 11.4. The molecule has 0 saturated heterocycles. The maximum absolute atomic E-state index is 10.9. The van der Waals surface area contributed by atoms with Crippen LogP contribution in [0.1, 0.15) is 19.4 Å². The fraction of sp³-hybridized carbons (Fsp3) is 0.250. The fourth-order valence-electron chi connectivity index (χ4n) is 1.32. The van der Waals surface area contributed by atoms with Gasteiger partial charge >= 0.3 is 0 Å². The quantitative estimate of drug-likeness (QED) is 0.472. The molecule has 1 aromatic carbocycles. The number of aryl methyl sites for hydroxylation is 1. The molecule has 0 aromatic heterocycles. The first-order valence-electron chi connectivity index (χ1n) is 5.17. The van der Waals surface area contributed by atoms with E-state index in [9.17, 15) is 4.79 Å². The summed E-state index contributed by atoms with van der Waals surface area (Å²) >= 11 is 6.21. The van der Waals surface area contributed by atoms with Crippen LogP contribution in [0.25, 0.3) is 0 Å². The molecule has 5 N–H and O–H groups in total. The maximum Gasteiger partial charge on any atom is 0.273 e. The monoisotopic (exact) mass is 317 g/mol. The molecule has 6 nitrogen and oxygen atoms in total. The Bertz CT molecular complexity index is 447. The molecule has 0 aliphatic carbocycles. The van der Waals surface area contributed by atoms with Crippen molar-refractivity contribution >= 4 is 47.3 Å². The second-order valence-corrected chi connectivity index (χ2v) is 4.26. The van der Waals surface area contributed by atoms with Crippen LogP contribution in [0.15, 0.2) is 24.3 Å². The lowest BCUT2D eigenvalue weighted by atomic mass is 10.0. The minimum absolute atomic E-state index is 0. The van der Waals surface area contributed by atoms with E-state index in [-0.39, 0.29) is 13.3 Å². The van der Waals surface area contributed by atoms with Gasteiger partial charge in [0.05, 0.1) is 0 Å². The Kier molecular flexibility index (Phi) is 11.5. The van der Waals surface area contributed by atoms with E-state index in [4.69, 9.17) is 9.59 Å². The van der Waals surface area contributed by atoms with Crippen molar-refractivity contribution in [2.75, 3.05) is 5.32 Å². The molecular formula is C12H19N3O3S2. The number of amides is 3. The van der Waals surface area contributed by atoms with Crippen LogP contribution in [0.4, 0.5) is 15.3 Å². The summed E-state index contributed by atoms with van der Waals surface area (Å²) in [6, 6.07) is 7.92. The minimum Gasteiger partial charge on any atom is -0.361 e. The summed E-state index contributed by atoms with van der Waals surface area (Å²) in [6.07, 6.45) is 1.50. The van der Waals surface area contributed by atoms with Crippen molar-refractivity contribution in [3.63, 3.8) is 0 Å². The Morgan fingerprint density at radius 1 is 1.05 bits per heavy atom. The van der Waals surface area contributed by atoms with Gasteiger partial charge in [0.2, 0.25) is 5.91 Å². The lowest BCUT2D eigenvalue weighted by Gasteiger charge is -2.15. The second-order valence-electron chi connectivity index (χ2n) is 3.38. The highest BCUT2D eigenvalue weighted by atomic mass is 32.1. The molecule has 1 aromatic rings. The first-order valence-corrected chi connectivity index (χ1v) is 6.07. The summed E-state index contributed by atoms with van der Waals surface area (Å²) < 4.78 is 0. The standard InChI is InChI=1S/C9H9NO.2CH3NOS.CH4/c11-9-6-5-7-3-1-2-4-8(7)10-9;2*2-1(3)4;/h1-4H,5-6H2,(H,10,11);2*(H3,2,3,4);1H4. The van der Waals surface area contributed by atoms with E-state index in [2.05, 4.69) is 48.1 Å². The number of thiol groups is 2. The van der Waals surface area contributed by atoms with Gasteiger partial charge in [0.25, 0.3) is 10.5 Å². The van der Waals surface area contributed by atoms with Gasteiger partial charge in [0.15, 0.2) is 0 Å². The number of hydrogen-bond donors (Lipinski definition) is 5. The van der Waals surface area contributed by atoms with Crippen LogP contribution in [0.5, 0.6) is 0 Å². The second kappa shape index (κ2) is 11.2. The van der Waals surface area contributed by atoms with Gasteiger partial charge in [-0.3, -0.25) is 14.4 Å². The van der Waals surface area contributed by atoms with Gasteiger partial charge in [-0.1, -0.05) is 50.9 Å². The largest absolute Gasteiger partial charge is 0.361 e. The van der Waals surface area contributed by atoms with E-state index in [1.165, 1.54) is 5.56 Å². The number of anilines is 1. The van der Waals surface area contributed by atoms with Gasteiger partial charge in [-0.05, 0) is 18.1 Å². The van der Waals surface area contributed by atoms with Crippen LogP contribution in [-0.4, -0.2) is 16.4 Å². The molecule has 1 aliphatic rings. The molecule has 112 valence electrons. The molecule has 20 heavy (non-hydrogen) atoms. The topological polar surface area (TPSA) is 115 Å². The van der Waals surface area contributed by atoms with Gasteiger partial charge in [-0.25, -0.2) is 0 Å². The first-order chi connectivity index (χ1) is 8.82. The predicted octanol–water partition coefficient (Wildman–Crippen LogP) is 2.20. The molecule has 0 spiro atoms. The lowest BCUT2D eigenvalue weighted by Crippen LogP contribution is -2.18. The van der Waals surface area contributed by atoms with Crippen molar-refractivity contribution in [1.82, 2.24) is 0 Å². The predicted molar refractivity (Wildman–Crippen MR) is 87.3 cm³/mol. The number of rotatable bonds is 0. The molecule has 3 amide bonds. The minimum atomic E-state index is -0.639. The van der Waals surface area contributed by atoms with Crippen LogP contribution in [0, 0.1) is 0 Å². The molecule has 1 aliphatic heterocycles. The number of hydrogen-bond acceptors (Lipinski definition) is 3. The van der Waals surface area contributed by atoms with Gasteiger partial charge < -0.3 is 16.8 Å². The number of nitrogens with one attached hydrogen (secondary N) is 1. The summed E-state index contributed by atoms with van der Waals surface area (Å²) in [5.74, 6) is 0.128. The van der Waals surface area contributed by atoms with E-state index in [1.807, 2.05) is 18.2 Å². The SMILES string of the molecule is C.NC(=O)S.NC(=O)S.O=C1CCc2ccccc2N1. The number of para-hydroxylation sites is 1. The Hall–Kier alpha value is -1.67. The Labute approximate surface area is 129 Å². The Balaban J connectivity index is 0. The molecule has 0 unspecified atom stereocenters. The maximum atomic E-state index is 10.9. The summed E-state index contributed by atoms with van der Waals surface area (Å²) in [7, 11) is 0. The van der Waals surface area contributed by atoms with Crippen molar-refractivity contribution in [1.29, 1.82) is 0 Å².